The van der Waals surface area contributed by atoms with Gasteiger partial charge in [-0.25, -0.2) is 4.99 Å². The Morgan fingerprint density at radius 3 is 2.79 bits per heavy atom. The minimum absolute atomic E-state index is 0. The molecule has 2 atom stereocenters. The second kappa shape index (κ2) is 13.0. The number of aliphatic imine (C=N–C) groups is 1. The van der Waals surface area contributed by atoms with Crippen LogP contribution in [0.1, 0.15) is 43.6 Å². The van der Waals surface area contributed by atoms with Gasteiger partial charge in [-0.1, -0.05) is 24.3 Å². The Balaban J connectivity index is 0.00000385. The zero-order valence-corrected chi connectivity index (χ0v) is 21.7. The second-order valence-electron chi connectivity index (χ2n) is 8.60. The molecule has 3 rings (SSSR count). The van der Waals surface area contributed by atoms with Gasteiger partial charge >= 0.3 is 0 Å². The molecule has 2 heterocycles. The molecule has 5 N–H and O–H groups in total. The maximum atomic E-state index is 11.5. The first-order valence-corrected chi connectivity index (χ1v) is 11.3. The molecule has 1 fully saturated rings. The number of halogens is 1. The van der Waals surface area contributed by atoms with Gasteiger partial charge in [0.2, 0.25) is 5.91 Å². The third-order valence-electron chi connectivity index (χ3n) is 5.72. The number of hydrogen-bond acceptors (Lipinski definition) is 5. The lowest BCUT2D eigenvalue weighted by Gasteiger charge is -2.31. The summed E-state index contributed by atoms with van der Waals surface area (Å²) < 4.78 is 5.34. The van der Waals surface area contributed by atoms with Crippen molar-refractivity contribution in [3.63, 3.8) is 0 Å². The number of carbonyl (C=O) groups excluding carboxylic acids is 1. The van der Waals surface area contributed by atoms with E-state index >= 15 is 0 Å². The summed E-state index contributed by atoms with van der Waals surface area (Å²) in [5, 5.41) is 17.1. The molecule has 0 spiro atoms. The van der Waals surface area contributed by atoms with Crippen LogP contribution in [0.4, 0.5) is 0 Å². The van der Waals surface area contributed by atoms with Gasteiger partial charge in [0.05, 0.1) is 25.3 Å². The van der Waals surface area contributed by atoms with E-state index in [9.17, 15) is 9.90 Å². The highest BCUT2D eigenvalue weighted by Gasteiger charge is 2.26. The van der Waals surface area contributed by atoms with Crippen LogP contribution in [0.5, 0.6) is 0 Å². The second-order valence-corrected chi connectivity index (χ2v) is 8.60. The van der Waals surface area contributed by atoms with Gasteiger partial charge in [0.15, 0.2) is 5.96 Å². The molecule has 1 aliphatic rings. The van der Waals surface area contributed by atoms with Crippen molar-refractivity contribution in [1.82, 2.24) is 15.5 Å². The molecule has 182 valence electrons. The molecule has 1 aromatic carbocycles. The van der Waals surface area contributed by atoms with E-state index in [-0.39, 0.29) is 42.3 Å². The van der Waals surface area contributed by atoms with Crippen molar-refractivity contribution in [1.29, 1.82) is 0 Å². The van der Waals surface area contributed by atoms with Gasteiger partial charge in [-0.3, -0.25) is 9.69 Å². The molecule has 0 saturated carbocycles. The minimum atomic E-state index is -1.14. The van der Waals surface area contributed by atoms with Gasteiger partial charge in [-0.05, 0) is 56.5 Å². The molecule has 9 heteroatoms. The van der Waals surface area contributed by atoms with Crippen LogP contribution in [0.2, 0.25) is 0 Å². The Labute approximate surface area is 213 Å². The zero-order valence-electron chi connectivity index (χ0n) is 19.4. The van der Waals surface area contributed by atoms with Crippen LogP contribution < -0.4 is 16.4 Å². The largest absolute Gasteiger partial charge is 0.466 e. The quantitative estimate of drug-likeness (QED) is 0.210. The van der Waals surface area contributed by atoms with Crippen molar-refractivity contribution in [2.75, 3.05) is 26.2 Å². The summed E-state index contributed by atoms with van der Waals surface area (Å²) in [6, 6.07) is 11.9. The summed E-state index contributed by atoms with van der Waals surface area (Å²) in [5.74, 6) is 0.880. The van der Waals surface area contributed by atoms with Crippen LogP contribution >= 0.6 is 24.0 Å². The Morgan fingerprint density at radius 2 is 2.09 bits per heavy atom. The number of carbonyl (C=O) groups is 1. The number of hydrogen-bond donors (Lipinski definition) is 4. The number of guanidine groups is 1. The first-order chi connectivity index (χ1) is 15.4. The Hall–Kier alpha value is -2.11. The fraction of sp³-hybridized carbons (Fsp3) is 0.500. The highest BCUT2D eigenvalue weighted by molar-refractivity contribution is 14.0. The van der Waals surface area contributed by atoms with Crippen molar-refractivity contribution in [3.05, 3.63) is 59.5 Å². The van der Waals surface area contributed by atoms with Gasteiger partial charge in [0, 0.05) is 19.6 Å². The summed E-state index contributed by atoms with van der Waals surface area (Å²) in [7, 11) is 0. The Morgan fingerprint density at radius 1 is 1.30 bits per heavy atom. The van der Waals surface area contributed by atoms with Gasteiger partial charge in [0.1, 0.15) is 11.4 Å². The normalized spacial score (nSPS) is 18.8. The molecule has 2 aromatic rings. The Bertz CT molecular complexity index is 901. The van der Waals surface area contributed by atoms with E-state index < -0.39 is 5.60 Å². The predicted molar refractivity (Wildman–Crippen MR) is 140 cm³/mol. The molecule has 2 unspecified atom stereocenters. The number of likely N-dealkylation sites (tertiary alicyclic amines) is 1. The predicted octanol–water partition coefficient (Wildman–Crippen LogP) is 2.56. The molecule has 1 aromatic heterocycles. The number of benzene rings is 1. The number of furan rings is 1. The van der Waals surface area contributed by atoms with Crippen molar-refractivity contribution in [3.8, 4) is 0 Å². The summed E-state index contributed by atoms with van der Waals surface area (Å²) in [6.45, 7) is 7.70. The third kappa shape index (κ3) is 8.31. The lowest BCUT2D eigenvalue weighted by molar-refractivity contribution is -0.123. The van der Waals surface area contributed by atoms with E-state index in [4.69, 9.17) is 10.2 Å². The molecule has 0 radical (unpaired) electrons. The number of rotatable bonds is 9. The number of nitrogens with zero attached hydrogens (tertiary/aromatic N) is 2. The van der Waals surface area contributed by atoms with E-state index in [1.165, 1.54) is 5.56 Å². The first kappa shape index (κ1) is 27.1. The van der Waals surface area contributed by atoms with Crippen molar-refractivity contribution < 1.29 is 14.3 Å². The summed E-state index contributed by atoms with van der Waals surface area (Å²) in [5.41, 5.74) is 6.66. The van der Waals surface area contributed by atoms with Crippen molar-refractivity contribution >= 4 is 35.8 Å². The molecule has 1 amide bonds. The number of piperidine rings is 1. The van der Waals surface area contributed by atoms with Crippen molar-refractivity contribution in [2.45, 2.75) is 45.4 Å². The van der Waals surface area contributed by atoms with E-state index in [1.54, 1.807) is 25.3 Å². The van der Waals surface area contributed by atoms with E-state index in [0.29, 0.717) is 24.8 Å². The number of nitrogens with one attached hydrogen (secondary N) is 2. The van der Waals surface area contributed by atoms with Crippen LogP contribution in [0.15, 0.2) is 52.1 Å². The lowest BCUT2D eigenvalue weighted by atomic mass is 9.97. The molecule has 0 bridgehead atoms. The standard InChI is InChI=1S/C24H35N5O3.HI/c1-3-26-23(28-17-24(2,31)21-10-6-12-32-21)27-14-18-7-4-8-19(13-18)15-29-11-5-9-20(16-29)22(25)30;/h4,6-8,10,12-13,20,31H,3,5,9,11,14-17H2,1-2H3,(H2,25,30)(H2,26,27,28);1H. The maximum Gasteiger partial charge on any atom is 0.221 e. The Kier molecular flexibility index (Phi) is 10.6. The van der Waals surface area contributed by atoms with E-state index in [2.05, 4.69) is 38.7 Å². The molecule has 1 saturated heterocycles. The van der Waals surface area contributed by atoms with Crippen LogP contribution in [0, 0.1) is 5.92 Å². The summed E-state index contributed by atoms with van der Waals surface area (Å²) in [6.07, 6.45) is 3.43. The number of primary amides is 1. The van der Waals surface area contributed by atoms with Crippen LogP contribution in [-0.4, -0.2) is 48.1 Å². The monoisotopic (exact) mass is 569 g/mol. The van der Waals surface area contributed by atoms with Gasteiger partial charge < -0.3 is 25.9 Å². The smallest absolute Gasteiger partial charge is 0.221 e. The summed E-state index contributed by atoms with van der Waals surface area (Å²) in [4.78, 5) is 18.5. The molecular weight excluding hydrogens is 533 g/mol. The molecule has 33 heavy (non-hydrogen) atoms. The van der Waals surface area contributed by atoms with Crippen LogP contribution in [-0.2, 0) is 23.5 Å². The molecule has 8 nitrogen and oxygen atoms in total. The van der Waals surface area contributed by atoms with E-state index in [0.717, 1.165) is 38.0 Å². The number of aliphatic hydroxyl groups is 1. The van der Waals surface area contributed by atoms with E-state index in [1.807, 2.05) is 13.0 Å². The van der Waals surface area contributed by atoms with Gasteiger partial charge in [0.25, 0.3) is 0 Å². The van der Waals surface area contributed by atoms with Crippen molar-refractivity contribution in [2.24, 2.45) is 16.6 Å². The fourth-order valence-corrected chi connectivity index (χ4v) is 3.96. The summed E-state index contributed by atoms with van der Waals surface area (Å²) >= 11 is 0. The zero-order chi connectivity index (χ0) is 23.0. The topological polar surface area (TPSA) is 116 Å². The lowest BCUT2D eigenvalue weighted by Crippen LogP contribution is -2.44. The minimum Gasteiger partial charge on any atom is -0.466 e. The number of amides is 1. The first-order valence-electron chi connectivity index (χ1n) is 11.3. The van der Waals surface area contributed by atoms with Gasteiger partial charge in [-0.15, -0.1) is 24.0 Å². The van der Waals surface area contributed by atoms with Crippen LogP contribution in [0.25, 0.3) is 0 Å². The SMILES string of the molecule is CCNC(=NCc1cccc(CN2CCCC(C(N)=O)C2)c1)NCC(C)(O)c1ccco1.I. The number of nitrogens with two attached hydrogens (primary N) is 1. The average Bonchev–Trinajstić information content (AvgIpc) is 3.32. The highest BCUT2D eigenvalue weighted by atomic mass is 127. The average molecular weight is 569 g/mol. The molecule has 1 aliphatic heterocycles. The third-order valence-corrected chi connectivity index (χ3v) is 5.72. The van der Waals surface area contributed by atoms with Crippen LogP contribution in [0.3, 0.4) is 0 Å². The van der Waals surface area contributed by atoms with Gasteiger partial charge in [-0.2, -0.15) is 0 Å². The molecule has 0 aliphatic carbocycles. The molecular formula is C24H36IN5O3. The maximum absolute atomic E-state index is 11.5. The fourth-order valence-electron chi connectivity index (χ4n) is 3.96. The highest BCUT2D eigenvalue weighted by Crippen LogP contribution is 2.20.